The van der Waals surface area contributed by atoms with E-state index in [1.165, 1.54) is 18.2 Å². The minimum Gasteiger partial charge on any atom is -0.502 e. The summed E-state index contributed by atoms with van der Waals surface area (Å²) < 4.78 is 78.7. The molecule has 6 N–H and O–H groups in total. The van der Waals surface area contributed by atoms with Gasteiger partial charge in [-0.15, -0.1) is 0 Å². The third kappa shape index (κ3) is 4.02. The Hall–Kier alpha value is -3.13. The molecule has 3 aromatic carbocycles. The lowest BCUT2D eigenvalue weighted by Gasteiger charge is -2.09. The number of nitrogens with zero attached hydrogens (tertiary/aromatic N) is 1. The van der Waals surface area contributed by atoms with Crippen LogP contribution < -0.4 is 10.8 Å². The van der Waals surface area contributed by atoms with Crippen LogP contribution in [0.2, 0.25) is 0 Å². The molecule has 0 aromatic heterocycles. The highest BCUT2D eigenvalue weighted by molar-refractivity contribution is 7.86. The molecule has 0 heterocycles. The molecule has 152 valence electrons. The molecule has 29 heavy (non-hydrogen) atoms. The molecule has 0 saturated heterocycles. The molecule has 0 spiro atoms. The first-order valence-corrected chi connectivity index (χ1v) is 10.5. The number of hydrogen-bond acceptors (Lipinski definition) is 7. The maximum atomic E-state index is 13.7. The van der Waals surface area contributed by atoms with E-state index >= 15 is 0 Å². The molecule has 3 aromatic rings. The molecule has 0 bridgehead atoms. The number of rotatable bonds is 4. The highest BCUT2D eigenvalue weighted by Gasteiger charge is 2.28. The van der Waals surface area contributed by atoms with Gasteiger partial charge in [-0.25, -0.2) is 4.39 Å². The van der Waals surface area contributed by atoms with Crippen molar-refractivity contribution in [2.45, 2.75) is 9.79 Å². The van der Waals surface area contributed by atoms with Gasteiger partial charge in [-0.3, -0.25) is 9.11 Å². The standard InChI is InChI=1S/C16H12FN3O7S2/c17-10-3-1-2-4-12(10)19-20-15-13(29(25,26)27)6-8-5-9(28(22,23)24)7-11(18)14(8)16(15)21/h1-7,21H,18H2,(H,22,23,24)(H,25,26,27)/p+1. The van der Waals surface area contributed by atoms with Gasteiger partial charge in [-0.1, -0.05) is 17.2 Å². The number of halogens is 1. The van der Waals surface area contributed by atoms with Crippen molar-refractivity contribution in [2.75, 3.05) is 5.73 Å². The van der Waals surface area contributed by atoms with Gasteiger partial charge < -0.3 is 10.8 Å². The average molecular weight is 442 g/mol. The molecule has 0 amide bonds. The highest BCUT2D eigenvalue weighted by atomic mass is 32.2. The van der Waals surface area contributed by atoms with E-state index in [9.17, 15) is 35.4 Å². The number of benzene rings is 3. The zero-order valence-corrected chi connectivity index (χ0v) is 15.9. The van der Waals surface area contributed by atoms with Crippen molar-refractivity contribution in [1.29, 1.82) is 0 Å². The molecule has 0 unspecified atom stereocenters. The Morgan fingerprint density at radius 3 is 2.24 bits per heavy atom. The normalized spacial score (nSPS) is 12.7. The summed E-state index contributed by atoms with van der Waals surface area (Å²) in [6.07, 6.45) is 0. The van der Waals surface area contributed by atoms with Crippen LogP contribution in [-0.4, -0.2) is 31.0 Å². The van der Waals surface area contributed by atoms with Crippen molar-refractivity contribution in [3.63, 3.8) is 0 Å². The van der Waals surface area contributed by atoms with E-state index in [0.717, 1.165) is 24.3 Å². The van der Waals surface area contributed by atoms with E-state index in [1.807, 2.05) is 0 Å². The summed E-state index contributed by atoms with van der Waals surface area (Å²) in [5.41, 5.74) is 4.60. The minimum atomic E-state index is -4.95. The van der Waals surface area contributed by atoms with E-state index in [0.29, 0.717) is 0 Å². The predicted molar refractivity (Wildman–Crippen MR) is 98.8 cm³/mol. The summed E-state index contributed by atoms with van der Waals surface area (Å²) in [7, 11) is -9.64. The molecule has 3 rings (SSSR count). The maximum Gasteiger partial charge on any atom is 0.301 e. The number of azo groups is 1. The lowest BCUT2D eigenvalue weighted by Crippen LogP contribution is -2.58. The molecule has 0 aliphatic rings. The number of aromatic hydroxyl groups is 1. The van der Waals surface area contributed by atoms with Crippen LogP contribution in [0.5, 0.6) is 5.75 Å². The van der Waals surface area contributed by atoms with Crippen molar-refractivity contribution in [3.8, 4) is 5.75 Å². The number of hydrogen-bond donors (Lipinski definition) is 5. The van der Waals surface area contributed by atoms with Gasteiger partial charge in [0.05, 0.1) is 10.3 Å². The molecule has 0 fully saturated rings. The minimum absolute atomic E-state index is 0.184. The van der Waals surface area contributed by atoms with Crippen molar-refractivity contribution < 1.29 is 40.6 Å². The summed E-state index contributed by atoms with van der Waals surface area (Å²) in [5, 5.41) is 16.0. The number of phenolic OH excluding ortho intramolecular Hbond substituents is 1. The number of nitrogens with one attached hydrogen (secondary N) is 1. The van der Waals surface area contributed by atoms with E-state index in [-0.39, 0.29) is 22.1 Å². The van der Waals surface area contributed by atoms with Gasteiger partial charge >= 0.3 is 10.1 Å². The largest absolute Gasteiger partial charge is 0.502 e. The Kier molecular flexibility index (Phi) is 5.00. The molecule has 0 aliphatic carbocycles. The summed E-state index contributed by atoms with van der Waals surface area (Å²) in [4.78, 5) is -1.53. The van der Waals surface area contributed by atoms with Crippen LogP contribution >= 0.6 is 0 Å². The average Bonchev–Trinajstić information content (AvgIpc) is 2.60. The Labute approximate surface area is 163 Å². The number of phenols is 1. The second-order valence-corrected chi connectivity index (χ2v) is 8.65. The third-order valence-electron chi connectivity index (χ3n) is 3.90. The number of fused-ring (bicyclic) bond motifs is 1. The van der Waals surface area contributed by atoms with Crippen molar-refractivity contribution in [1.82, 2.24) is 0 Å². The number of para-hydroxylation sites is 1. The lowest BCUT2D eigenvalue weighted by molar-refractivity contribution is -0.437. The first kappa shape index (κ1) is 20.6. The number of nitrogens with two attached hydrogens (primary N) is 1. The Bertz CT molecular complexity index is 1390. The zero-order valence-electron chi connectivity index (χ0n) is 14.2. The first-order valence-electron chi connectivity index (χ1n) is 7.65. The first-order chi connectivity index (χ1) is 13.4. The summed E-state index contributed by atoms with van der Waals surface area (Å²) in [5.74, 6) is -1.54. The fourth-order valence-electron chi connectivity index (χ4n) is 2.62. The van der Waals surface area contributed by atoms with Gasteiger partial charge in [0.1, 0.15) is 0 Å². The van der Waals surface area contributed by atoms with Gasteiger partial charge in [-0.05, 0) is 35.7 Å². The zero-order chi connectivity index (χ0) is 21.6. The summed E-state index contributed by atoms with van der Waals surface area (Å²) in [6.45, 7) is 0. The summed E-state index contributed by atoms with van der Waals surface area (Å²) >= 11 is 0. The SMILES string of the molecule is Nc1cc(S(=O)(=O)O)cc2cc(S(=O)(=O)O)c([NH+]=Nc3ccccc3F)c(O)c12. The molecule has 10 nitrogen and oxygen atoms in total. The molecule has 0 aliphatic heterocycles. The van der Waals surface area contributed by atoms with Crippen molar-refractivity contribution in [3.05, 3.63) is 48.3 Å². The van der Waals surface area contributed by atoms with Gasteiger partial charge in [0.2, 0.25) is 5.75 Å². The van der Waals surface area contributed by atoms with E-state index in [1.54, 1.807) is 0 Å². The monoisotopic (exact) mass is 442 g/mol. The molecular weight excluding hydrogens is 429 g/mol. The molecule has 0 radical (unpaired) electrons. The topological polar surface area (TPSA) is 181 Å². The van der Waals surface area contributed by atoms with Crippen LogP contribution in [0.25, 0.3) is 10.8 Å². The van der Waals surface area contributed by atoms with Crippen molar-refractivity contribution >= 4 is 48.1 Å². The second kappa shape index (κ2) is 7.04. The second-order valence-electron chi connectivity index (χ2n) is 5.83. The fourth-order valence-corrected chi connectivity index (χ4v) is 3.85. The van der Waals surface area contributed by atoms with Crippen LogP contribution in [0.1, 0.15) is 0 Å². The lowest BCUT2D eigenvalue weighted by atomic mass is 10.1. The van der Waals surface area contributed by atoms with Crippen LogP contribution in [-0.2, 0) is 20.2 Å². The molecular formula is C16H13FN3O7S2+. The smallest absolute Gasteiger partial charge is 0.301 e. The third-order valence-corrected chi connectivity index (χ3v) is 5.61. The molecule has 13 heteroatoms. The predicted octanol–water partition coefficient (Wildman–Crippen LogP) is 1.26. The Morgan fingerprint density at radius 1 is 1.00 bits per heavy atom. The molecule has 0 atom stereocenters. The van der Waals surface area contributed by atoms with E-state index in [2.05, 4.69) is 10.2 Å². The summed E-state index contributed by atoms with van der Waals surface area (Å²) in [6, 6.07) is 7.74. The maximum absolute atomic E-state index is 13.7. The van der Waals surface area contributed by atoms with Gasteiger partial charge in [0.25, 0.3) is 15.8 Å². The van der Waals surface area contributed by atoms with Crippen LogP contribution in [0, 0.1) is 5.82 Å². The highest BCUT2D eigenvalue weighted by Crippen LogP contribution is 2.39. The van der Waals surface area contributed by atoms with Gasteiger partial charge in [-0.2, -0.15) is 16.8 Å². The van der Waals surface area contributed by atoms with Crippen LogP contribution in [0.4, 0.5) is 21.5 Å². The Balaban J connectivity index is 2.36. The quantitative estimate of drug-likeness (QED) is 0.173. The van der Waals surface area contributed by atoms with Gasteiger partial charge in [0, 0.05) is 10.8 Å². The van der Waals surface area contributed by atoms with Crippen LogP contribution in [0.15, 0.2) is 57.4 Å². The van der Waals surface area contributed by atoms with Crippen molar-refractivity contribution in [2.24, 2.45) is 5.11 Å². The van der Waals surface area contributed by atoms with Crippen LogP contribution in [0.3, 0.4) is 0 Å². The van der Waals surface area contributed by atoms with E-state index < -0.39 is 47.3 Å². The number of nitrogen functional groups attached to an aromatic ring is 1. The van der Waals surface area contributed by atoms with E-state index in [4.69, 9.17) is 5.73 Å². The fraction of sp³-hybridized carbons (Fsp3) is 0. The Morgan fingerprint density at radius 2 is 1.66 bits per heavy atom. The number of anilines is 1. The van der Waals surface area contributed by atoms with Gasteiger partial charge in [0.15, 0.2) is 16.4 Å². The molecule has 0 saturated carbocycles.